The van der Waals surface area contributed by atoms with Gasteiger partial charge in [0.1, 0.15) is 5.82 Å². The van der Waals surface area contributed by atoms with Crippen molar-refractivity contribution in [1.29, 1.82) is 0 Å². The van der Waals surface area contributed by atoms with E-state index in [2.05, 4.69) is 9.88 Å². The molecule has 1 aromatic rings. The van der Waals surface area contributed by atoms with Crippen LogP contribution in [0.1, 0.15) is 23.2 Å². The summed E-state index contributed by atoms with van der Waals surface area (Å²) < 4.78 is 0. The Morgan fingerprint density at radius 1 is 1.59 bits per heavy atom. The molecule has 1 atom stereocenters. The van der Waals surface area contributed by atoms with Crippen molar-refractivity contribution in [2.75, 3.05) is 24.6 Å². The fourth-order valence-corrected chi connectivity index (χ4v) is 2.18. The van der Waals surface area contributed by atoms with Crippen molar-refractivity contribution in [3.05, 3.63) is 23.9 Å². The van der Waals surface area contributed by atoms with Crippen molar-refractivity contribution in [1.82, 2.24) is 4.98 Å². The Morgan fingerprint density at radius 3 is 3.00 bits per heavy atom. The molecule has 2 heterocycles. The topological polar surface area (TPSA) is 79.5 Å². The summed E-state index contributed by atoms with van der Waals surface area (Å²) in [6, 6.07) is 3.52. The molecule has 1 amide bonds. The number of aliphatic hydroxyl groups is 1. The van der Waals surface area contributed by atoms with Crippen LogP contribution in [0.4, 0.5) is 5.82 Å². The number of rotatable bonds is 4. The second-order valence-electron chi connectivity index (χ2n) is 4.38. The SMILES string of the molecule is NC(=O)c1ccc(N2CCC(CCO)C2)nc1. The zero-order chi connectivity index (χ0) is 12.3. The summed E-state index contributed by atoms with van der Waals surface area (Å²) in [5.41, 5.74) is 5.59. The molecule has 1 fully saturated rings. The number of nitrogens with zero attached hydrogens (tertiary/aromatic N) is 2. The van der Waals surface area contributed by atoms with Crippen LogP contribution in [-0.4, -0.2) is 35.7 Å². The lowest BCUT2D eigenvalue weighted by Crippen LogP contribution is -2.21. The van der Waals surface area contributed by atoms with E-state index in [9.17, 15) is 4.79 Å². The molecule has 17 heavy (non-hydrogen) atoms. The molecule has 92 valence electrons. The number of pyridine rings is 1. The fourth-order valence-electron chi connectivity index (χ4n) is 2.18. The zero-order valence-corrected chi connectivity index (χ0v) is 9.67. The molecule has 0 bridgehead atoms. The Balaban J connectivity index is 2.01. The quantitative estimate of drug-likeness (QED) is 0.791. The fraction of sp³-hybridized carbons (Fsp3) is 0.500. The first-order chi connectivity index (χ1) is 8.20. The Morgan fingerprint density at radius 2 is 2.41 bits per heavy atom. The highest BCUT2D eigenvalue weighted by Gasteiger charge is 2.22. The molecule has 0 spiro atoms. The third-order valence-electron chi connectivity index (χ3n) is 3.18. The molecule has 0 radical (unpaired) electrons. The molecule has 1 saturated heterocycles. The van der Waals surface area contributed by atoms with E-state index in [-0.39, 0.29) is 6.61 Å². The number of anilines is 1. The lowest BCUT2D eigenvalue weighted by atomic mass is 10.1. The maximum Gasteiger partial charge on any atom is 0.250 e. The molecule has 1 unspecified atom stereocenters. The van der Waals surface area contributed by atoms with Crippen LogP contribution in [0, 0.1) is 5.92 Å². The number of aliphatic hydroxyl groups excluding tert-OH is 1. The van der Waals surface area contributed by atoms with E-state index in [1.54, 1.807) is 6.07 Å². The van der Waals surface area contributed by atoms with Crippen molar-refractivity contribution in [2.24, 2.45) is 11.7 Å². The van der Waals surface area contributed by atoms with Crippen LogP contribution in [0.5, 0.6) is 0 Å². The summed E-state index contributed by atoms with van der Waals surface area (Å²) in [7, 11) is 0. The summed E-state index contributed by atoms with van der Waals surface area (Å²) in [5.74, 6) is 0.955. The second-order valence-corrected chi connectivity index (χ2v) is 4.38. The Bertz CT molecular complexity index is 391. The van der Waals surface area contributed by atoms with Crippen LogP contribution in [0.25, 0.3) is 0 Å². The van der Waals surface area contributed by atoms with E-state index in [1.165, 1.54) is 6.20 Å². The number of carbonyl (C=O) groups excluding carboxylic acids is 1. The first kappa shape index (κ1) is 11.9. The molecule has 1 aliphatic heterocycles. The molecule has 1 aliphatic rings. The minimum absolute atomic E-state index is 0.243. The number of hydrogen-bond acceptors (Lipinski definition) is 4. The number of hydrogen-bond donors (Lipinski definition) is 2. The minimum Gasteiger partial charge on any atom is -0.396 e. The molecule has 5 nitrogen and oxygen atoms in total. The van der Waals surface area contributed by atoms with Gasteiger partial charge in [-0.1, -0.05) is 0 Å². The van der Waals surface area contributed by atoms with E-state index in [0.29, 0.717) is 11.5 Å². The Hall–Kier alpha value is -1.62. The summed E-state index contributed by atoms with van der Waals surface area (Å²) in [5, 5.41) is 8.90. The predicted octanol–water partition coefficient (Wildman–Crippen LogP) is 0.389. The van der Waals surface area contributed by atoms with Crippen LogP contribution < -0.4 is 10.6 Å². The van der Waals surface area contributed by atoms with Gasteiger partial charge in [-0.3, -0.25) is 4.79 Å². The van der Waals surface area contributed by atoms with Gasteiger partial charge in [0.2, 0.25) is 5.91 Å². The maximum atomic E-state index is 10.9. The molecule has 0 aliphatic carbocycles. The number of amides is 1. The first-order valence-electron chi connectivity index (χ1n) is 5.82. The maximum absolute atomic E-state index is 10.9. The van der Waals surface area contributed by atoms with Gasteiger partial charge in [0.15, 0.2) is 0 Å². The number of carbonyl (C=O) groups is 1. The standard InChI is InChI=1S/C12H17N3O2/c13-12(17)10-1-2-11(14-7-10)15-5-3-9(8-15)4-6-16/h1-2,7,9,16H,3-6,8H2,(H2,13,17). The molecule has 0 saturated carbocycles. The third kappa shape index (κ3) is 2.74. The molecule has 0 aromatic carbocycles. The largest absolute Gasteiger partial charge is 0.396 e. The van der Waals surface area contributed by atoms with Crippen LogP contribution in [0.2, 0.25) is 0 Å². The normalized spacial score (nSPS) is 19.6. The minimum atomic E-state index is -0.455. The van der Waals surface area contributed by atoms with Crippen molar-refractivity contribution in [2.45, 2.75) is 12.8 Å². The van der Waals surface area contributed by atoms with E-state index in [1.807, 2.05) is 6.07 Å². The lowest BCUT2D eigenvalue weighted by molar-refractivity contribution is 0.1000. The average Bonchev–Trinajstić information content (AvgIpc) is 2.78. The van der Waals surface area contributed by atoms with Crippen LogP contribution in [0.15, 0.2) is 18.3 Å². The van der Waals surface area contributed by atoms with Crippen molar-refractivity contribution in [3.8, 4) is 0 Å². The van der Waals surface area contributed by atoms with E-state index in [0.717, 1.165) is 31.7 Å². The zero-order valence-electron chi connectivity index (χ0n) is 9.67. The summed E-state index contributed by atoms with van der Waals surface area (Å²) in [6.45, 7) is 2.11. The predicted molar refractivity (Wildman–Crippen MR) is 64.8 cm³/mol. The molecule has 5 heteroatoms. The van der Waals surface area contributed by atoms with Gasteiger partial charge in [-0.05, 0) is 30.9 Å². The Labute approximate surface area is 100 Å². The molecule has 2 rings (SSSR count). The first-order valence-corrected chi connectivity index (χ1v) is 5.82. The van der Waals surface area contributed by atoms with Crippen molar-refractivity contribution < 1.29 is 9.90 Å². The van der Waals surface area contributed by atoms with Gasteiger partial charge in [0.05, 0.1) is 5.56 Å². The summed E-state index contributed by atoms with van der Waals surface area (Å²) in [6.07, 6.45) is 3.44. The van der Waals surface area contributed by atoms with Crippen molar-refractivity contribution >= 4 is 11.7 Å². The van der Waals surface area contributed by atoms with Gasteiger partial charge < -0.3 is 15.7 Å². The average molecular weight is 235 g/mol. The van der Waals surface area contributed by atoms with Crippen LogP contribution in [-0.2, 0) is 0 Å². The van der Waals surface area contributed by atoms with Gasteiger partial charge in [-0.25, -0.2) is 4.98 Å². The van der Waals surface area contributed by atoms with Gasteiger partial charge in [0, 0.05) is 25.9 Å². The van der Waals surface area contributed by atoms with Gasteiger partial charge >= 0.3 is 0 Å². The highest BCUT2D eigenvalue weighted by Crippen LogP contribution is 2.23. The van der Waals surface area contributed by atoms with Crippen molar-refractivity contribution in [3.63, 3.8) is 0 Å². The molecule has 1 aromatic heterocycles. The molecular weight excluding hydrogens is 218 g/mol. The van der Waals surface area contributed by atoms with E-state index < -0.39 is 5.91 Å². The summed E-state index contributed by atoms with van der Waals surface area (Å²) in [4.78, 5) is 17.3. The smallest absolute Gasteiger partial charge is 0.250 e. The van der Waals surface area contributed by atoms with E-state index in [4.69, 9.17) is 10.8 Å². The second kappa shape index (κ2) is 5.14. The molecule has 3 N–H and O–H groups in total. The van der Waals surface area contributed by atoms with E-state index >= 15 is 0 Å². The Kier molecular flexibility index (Phi) is 3.58. The highest BCUT2D eigenvalue weighted by molar-refractivity contribution is 5.92. The summed E-state index contributed by atoms with van der Waals surface area (Å²) >= 11 is 0. The molecular formula is C12H17N3O2. The van der Waals surface area contributed by atoms with Gasteiger partial charge in [0.25, 0.3) is 0 Å². The third-order valence-corrected chi connectivity index (χ3v) is 3.18. The van der Waals surface area contributed by atoms with Crippen LogP contribution >= 0.6 is 0 Å². The number of primary amides is 1. The highest BCUT2D eigenvalue weighted by atomic mass is 16.3. The number of aromatic nitrogens is 1. The van der Waals surface area contributed by atoms with Gasteiger partial charge in [-0.15, -0.1) is 0 Å². The lowest BCUT2D eigenvalue weighted by Gasteiger charge is -2.17. The van der Waals surface area contributed by atoms with Crippen LogP contribution in [0.3, 0.4) is 0 Å². The van der Waals surface area contributed by atoms with Gasteiger partial charge in [-0.2, -0.15) is 0 Å². The number of nitrogens with two attached hydrogens (primary N) is 1. The monoisotopic (exact) mass is 235 g/mol.